The monoisotopic (exact) mass is 462 g/mol. The minimum atomic E-state index is -0.106. The fourth-order valence-corrected chi connectivity index (χ4v) is 4.60. The highest BCUT2D eigenvalue weighted by atomic mass is 16.5. The average molecular weight is 463 g/mol. The van der Waals surface area contributed by atoms with Gasteiger partial charge in [0.2, 0.25) is 11.9 Å². The zero-order valence-electron chi connectivity index (χ0n) is 19.8. The van der Waals surface area contributed by atoms with E-state index in [0.29, 0.717) is 24.8 Å². The molecule has 0 aliphatic carbocycles. The summed E-state index contributed by atoms with van der Waals surface area (Å²) in [5.41, 5.74) is 3.09. The number of morpholine rings is 2. The maximum absolute atomic E-state index is 11.5. The molecule has 0 radical (unpaired) electrons. The topological polar surface area (TPSA) is 92.7 Å². The number of anilines is 3. The van der Waals surface area contributed by atoms with Crippen LogP contribution >= 0.6 is 0 Å². The molecular formula is C25H30N6O3. The van der Waals surface area contributed by atoms with E-state index in [-0.39, 0.29) is 18.1 Å². The fourth-order valence-electron chi connectivity index (χ4n) is 4.60. The van der Waals surface area contributed by atoms with Gasteiger partial charge in [-0.25, -0.2) is 4.98 Å². The molecule has 2 aromatic heterocycles. The molecule has 34 heavy (non-hydrogen) atoms. The lowest BCUT2D eigenvalue weighted by Gasteiger charge is -2.36. The Morgan fingerprint density at radius 2 is 1.76 bits per heavy atom. The first kappa shape index (κ1) is 22.5. The quantitative estimate of drug-likeness (QED) is 0.632. The molecular weight excluding hydrogens is 432 g/mol. The first-order valence-electron chi connectivity index (χ1n) is 11.8. The van der Waals surface area contributed by atoms with E-state index in [1.165, 1.54) is 6.92 Å². The summed E-state index contributed by atoms with van der Waals surface area (Å²) in [4.78, 5) is 30.8. The van der Waals surface area contributed by atoms with Crippen molar-refractivity contribution < 1.29 is 14.3 Å². The number of ether oxygens (including phenoxy) is 2. The average Bonchev–Trinajstić information content (AvgIpc) is 2.82. The van der Waals surface area contributed by atoms with Gasteiger partial charge in [-0.05, 0) is 38.1 Å². The molecule has 0 saturated carbocycles. The fraction of sp³-hybridized carbons (Fsp3) is 0.440. The number of hydrogen-bond donors (Lipinski definition) is 1. The van der Waals surface area contributed by atoms with Gasteiger partial charge in [0.15, 0.2) is 5.65 Å². The summed E-state index contributed by atoms with van der Waals surface area (Å²) in [6.45, 7) is 10.0. The maximum Gasteiger partial charge on any atom is 0.229 e. The zero-order valence-corrected chi connectivity index (χ0v) is 19.8. The molecule has 2 aliphatic heterocycles. The minimum Gasteiger partial charge on any atom is -0.378 e. The first-order chi connectivity index (χ1) is 16.5. The van der Waals surface area contributed by atoms with Gasteiger partial charge in [0.05, 0.1) is 36.5 Å². The van der Waals surface area contributed by atoms with Crippen molar-refractivity contribution in [2.45, 2.75) is 33.0 Å². The smallest absolute Gasteiger partial charge is 0.229 e. The van der Waals surface area contributed by atoms with E-state index in [4.69, 9.17) is 24.4 Å². The number of nitrogens with zero attached hydrogens (tertiary/aromatic N) is 5. The van der Waals surface area contributed by atoms with Crippen molar-refractivity contribution in [2.75, 3.05) is 54.5 Å². The predicted octanol–water partition coefficient (Wildman–Crippen LogP) is 3.10. The molecule has 1 N–H and O–H groups in total. The molecule has 1 amide bonds. The van der Waals surface area contributed by atoms with E-state index in [1.807, 2.05) is 36.4 Å². The molecule has 2 aliphatic rings. The Morgan fingerprint density at radius 3 is 2.50 bits per heavy atom. The number of carbonyl (C=O) groups is 1. The number of carbonyl (C=O) groups excluding carboxylic acids is 1. The highest BCUT2D eigenvalue weighted by molar-refractivity contribution is 5.91. The lowest BCUT2D eigenvalue weighted by molar-refractivity contribution is -0.114. The molecule has 1 aromatic carbocycles. The van der Waals surface area contributed by atoms with Gasteiger partial charge in [-0.2, -0.15) is 9.97 Å². The standard InChI is InChI=1S/C25H30N6O3/c1-16-14-31(15-17(2)34-16)25-28-23-21(24(29-25)30-9-11-33-12-10-30)7-8-22(27-23)19-5-4-6-20(13-19)26-18(3)32/h4-8,13,16-17H,9-12,14-15H2,1-3H3,(H,26,32). The molecule has 2 unspecified atom stereocenters. The van der Waals surface area contributed by atoms with Crippen LogP contribution in [0.3, 0.4) is 0 Å². The molecule has 0 spiro atoms. The van der Waals surface area contributed by atoms with Crippen LogP contribution in [0.25, 0.3) is 22.3 Å². The van der Waals surface area contributed by atoms with Crippen LogP contribution in [0.1, 0.15) is 20.8 Å². The second-order valence-electron chi connectivity index (χ2n) is 8.94. The number of rotatable bonds is 4. The van der Waals surface area contributed by atoms with Crippen molar-refractivity contribution in [3.05, 3.63) is 36.4 Å². The Balaban J connectivity index is 1.59. The summed E-state index contributed by atoms with van der Waals surface area (Å²) >= 11 is 0. The Bertz CT molecular complexity index is 1190. The molecule has 2 fully saturated rings. The Labute approximate surface area is 199 Å². The lowest BCUT2D eigenvalue weighted by atomic mass is 10.1. The van der Waals surface area contributed by atoms with Crippen molar-refractivity contribution in [2.24, 2.45) is 0 Å². The van der Waals surface area contributed by atoms with Crippen LogP contribution in [0, 0.1) is 0 Å². The van der Waals surface area contributed by atoms with Crippen molar-refractivity contribution in [1.29, 1.82) is 0 Å². The van der Waals surface area contributed by atoms with E-state index < -0.39 is 0 Å². The minimum absolute atomic E-state index is 0.102. The molecule has 9 heteroatoms. The molecule has 5 rings (SSSR count). The van der Waals surface area contributed by atoms with Gasteiger partial charge in [0.1, 0.15) is 5.82 Å². The van der Waals surface area contributed by atoms with Gasteiger partial charge in [-0.3, -0.25) is 4.79 Å². The third-order valence-electron chi connectivity index (χ3n) is 6.02. The third kappa shape index (κ3) is 4.80. The van der Waals surface area contributed by atoms with E-state index in [9.17, 15) is 4.79 Å². The first-order valence-corrected chi connectivity index (χ1v) is 11.8. The Kier molecular flexibility index (Phi) is 6.30. The lowest BCUT2D eigenvalue weighted by Crippen LogP contribution is -2.46. The van der Waals surface area contributed by atoms with Crippen LogP contribution in [0.5, 0.6) is 0 Å². The molecule has 2 atom stereocenters. The van der Waals surface area contributed by atoms with Crippen molar-refractivity contribution in [3.8, 4) is 11.3 Å². The molecule has 3 aromatic rings. The van der Waals surface area contributed by atoms with E-state index >= 15 is 0 Å². The molecule has 2 saturated heterocycles. The summed E-state index contributed by atoms with van der Waals surface area (Å²) in [6, 6.07) is 11.7. The molecule has 0 bridgehead atoms. The maximum atomic E-state index is 11.5. The van der Waals surface area contributed by atoms with Crippen LogP contribution in [0.4, 0.5) is 17.5 Å². The van der Waals surface area contributed by atoms with Gasteiger partial charge in [-0.15, -0.1) is 0 Å². The second kappa shape index (κ2) is 9.52. The number of aromatic nitrogens is 3. The highest BCUT2D eigenvalue weighted by Crippen LogP contribution is 2.30. The largest absolute Gasteiger partial charge is 0.378 e. The molecule has 9 nitrogen and oxygen atoms in total. The highest BCUT2D eigenvalue weighted by Gasteiger charge is 2.26. The summed E-state index contributed by atoms with van der Waals surface area (Å²) in [5.74, 6) is 1.46. The molecule has 178 valence electrons. The number of fused-ring (bicyclic) bond motifs is 1. The van der Waals surface area contributed by atoms with Crippen molar-refractivity contribution in [1.82, 2.24) is 15.0 Å². The third-order valence-corrected chi connectivity index (χ3v) is 6.02. The van der Waals surface area contributed by atoms with Crippen LogP contribution in [-0.4, -0.2) is 72.5 Å². The van der Waals surface area contributed by atoms with E-state index in [1.54, 1.807) is 0 Å². The summed E-state index contributed by atoms with van der Waals surface area (Å²) in [7, 11) is 0. The van der Waals surface area contributed by atoms with Gasteiger partial charge in [-0.1, -0.05) is 12.1 Å². The number of hydrogen-bond acceptors (Lipinski definition) is 8. The van der Waals surface area contributed by atoms with Crippen LogP contribution in [-0.2, 0) is 14.3 Å². The summed E-state index contributed by atoms with van der Waals surface area (Å²) < 4.78 is 11.5. The van der Waals surface area contributed by atoms with Gasteiger partial charge < -0.3 is 24.6 Å². The van der Waals surface area contributed by atoms with Crippen LogP contribution < -0.4 is 15.1 Å². The van der Waals surface area contributed by atoms with Crippen molar-refractivity contribution in [3.63, 3.8) is 0 Å². The van der Waals surface area contributed by atoms with E-state index in [0.717, 1.165) is 54.3 Å². The van der Waals surface area contributed by atoms with Gasteiger partial charge >= 0.3 is 0 Å². The second-order valence-corrected chi connectivity index (χ2v) is 8.94. The van der Waals surface area contributed by atoms with E-state index in [2.05, 4.69) is 29.0 Å². The summed E-state index contributed by atoms with van der Waals surface area (Å²) in [6.07, 6.45) is 0.205. The zero-order chi connectivity index (χ0) is 23.7. The summed E-state index contributed by atoms with van der Waals surface area (Å²) in [5, 5.41) is 3.75. The van der Waals surface area contributed by atoms with Crippen LogP contribution in [0.15, 0.2) is 36.4 Å². The Morgan fingerprint density at radius 1 is 1.00 bits per heavy atom. The Hall–Kier alpha value is -3.30. The van der Waals surface area contributed by atoms with Gasteiger partial charge in [0.25, 0.3) is 0 Å². The molecule has 4 heterocycles. The van der Waals surface area contributed by atoms with Gasteiger partial charge in [0, 0.05) is 44.4 Å². The van der Waals surface area contributed by atoms with Crippen LogP contribution in [0.2, 0.25) is 0 Å². The number of nitrogens with one attached hydrogen (secondary N) is 1. The number of benzene rings is 1. The van der Waals surface area contributed by atoms with Crippen molar-refractivity contribution >= 4 is 34.4 Å². The predicted molar refractivity (Wildman–Crippen MR) is 132 cm³/mol. The number of amides is 1. The normalized spacial score (nSPS) is 21.0. The SMILES string of the molecule is CC(=O)Nc1cccc(-c2ccc3c(N4CCOCC4)nc(N4CC(C)OC(C)C4)nc3n2)c1. The number of pyridine rings is 1.